The molecule has 0 bridgehead atoms. The molecule has 260 valence electrons. The molecule has 8 aromatic carbocycles. The van der Waals surface area contributed by atoms with E-state index in [4.69, 9.17) is 18.8 Å². The Hall–Kier alpha value is -7.37. The summed E-state index contributed by atoms with van der Waals surface area (Å²) in [7, 11) is 0. The largest absolute Gasteiger partial charge is 0.456 e. The Labute approximate surface area is 317 Å². The van der Waals surface area contributed by atoms with E-state index in [1.807, 2.05) is 78.9 Å². The van der Waals surface area contributed by atoms with Crippen LogP contribution < -0.4 is 0 Å². The molecule has 0 N–H and O–H groups in total. The summed E-state index contributed by atoms with van der Waals surface area (Å²) in [4.78, 5) is 14.8. The summed E-state index contributed by atoms with van der Waals surface area (Å²) in [5.41, 5.74) is 10.3. The van der Waals surface area contributed by atoms with Crippen LogP contribution in [0, 0.1) is 0 Å². The first-order chi connectivity index (χ1) is 27.2. The van der Waals surface area contributed by atoms with E-state index in [9.17, 15) is 0 Å². The van der Waals surface area contributed by atoms with Gasteiger partial charge in [-0.2, -0.15) is 0 Å². The van der Waals surface area contributed by atoms with Crippen molar-refractivity contribution < 1.29 is 8.83 Å². The van der Waals surface area contributed by atoms with Crippen molar-refractivity contribution in [3.63, 3.8) is 0 Å². The van der Waals surface area contributed by atoms with Crippen molar-refractivity contribution in [3.05, 3.63) is 193 Å². The van der Waals surface area contributed by atoms with Crippen LogP contribution in [0.3, 0.4) is 0 Å². The standard InChI is InChI=1S/C50H33N3O2/c1-51-49(35-28-26-34(27-29-35)33-16-6-3-7-17-33)53-50(52-31-32-14-4-2-5-15-32)40-22-13-25-44-48(40)47-38(21-12-24-43(47)55-44)41-30-45-46(37-19-9-8-18-36(37)41)39-20-10-11-23-42(39)54-45/h2-30H,1,31H2/b52-50-,53-49-. The maximum atomic E-state index is 6.62. The van der Waals surface area contributed by atoms with Crippen molar-refractivity contribution in [1.29, 1.82) is 0 Å². The van der Waals surface area contributed by atoms with Gasteiger partial charge in [-0.1, -0.05) is 152 Å². The Kier molecular flexibility index (Phi) is 7.96. The summed E-state index contributed by atoms with van der Waals surface area (Å²) in [6.07, 6.45) is 0. The van der Waals surface area contributed by atoms with Gasteiger partial charge in [0.1, 0.15) is 22.3 Å². The Morgan fingerprint density at radius 1 is 0.455 bits per heavy atom. The molecule has 0 aliphatic rings. The molecule has 0 atom stereocenters. The molecule has 2 aromatic heterocycles. The minimum Gasteiger partial charge on any atom is -0.456 e. The molecule has 0 amide bonds. The summed E-state index contributed by atoms with van der Waals surface area (Å²) in [6.45, 7) is 4.38. The van der Waals surface area contributed by atoms with E-state index in [0.717, 1.165) is 93.6 Å². The first kappa shape index (κ1) is 32.3. The first-order valence-electron chi connectivity index (χ1n) is 18.3. The molecule has 5 nitrogen and oxygen atoms in total. The monoisotopic (exact) mass is 707 g/mol. The number of benzene rings is 8. The molecule has 10 rings (SSSR count). The van der Waals surface area contributed by atoms with Crippen LogP contribution >= 0.6 is 0 Å². The molecule has 5 heteroatoms. The fraction of sp³-hybridized carbons (Fsp3) is 0.0200. The van der Waals surface area contributed by atoms with Gasteiger partial charge in [0.05, 0.1) is 6.54 Å². The first-order valence-corrected chi connectivity index (χ1v) is 18.3. The van der Waals surface area contributed by atoms with E-state index < -0.39 is 0 Å². The van der Waals surface area contributed by atoms with Gasteiger partial charge < -0.3 is 8.83 Å². The highest BCUT2D eigenvalue weighted by Crippen LogP contribution is 2.44. The second kappa shape index (κ2) is 13.6. The Balaban J connectivity index is 1.19. The third-order valence-electron chi connectivity index (χ3n) is 10.3. The van der Waals surface area contributed by atoms with Crippen molar-refractivity contribution >= 4 is 73.0 Å². The van der Waals surface area contributed by atoms with Crippen LogP contribution in [0.5, 0.6) is 0 Å². The maximum absolute atomic E-state index is 6.62. The number of para-hydroxylation sites is 1. The van der Waals surface area contributed by atoms with Gasteiger partial charge in [-0.25, -0.2) is 9.98 Å². The van der Waals surface area contributed by atoms with E-state index in [0.29, 0.717) is 18.2 Å². The van der Waals surface area contributed by atoms with Gasteiger partial charge in [0.25, 0.3) is 0 Å². The zero-order valence-corrected chi connectivity index (χ0v) is 29.8. The fourth-order valence-electron chi connectivity index (χ4n) is 7.75. The minimum atomic E-state index is 0.434. The molecular weight excluding hydrogens is 675 g/mol. The van der Waals surface area contributed by atoms with Gasteiger partial charge in [-0.3, -0.25) is 4.99 Å². The second-order valence-electron chi connectivity index (χ2n) is 13.6. The van der Waals surface area contributed by atoms with Crippen molar-refractivity contribution in [2.24, 2.45) is 15.0 Å². The lowest BCUT2D eigenvalue weighted by Gasteiger charge is -2.11. The highest BCUT2D eigenvalue weighted by Gasteiger charge is 2.22. The zero-order valence-electron chi connectivity index (χ0n) is 29.8. The Morgan fingerprint density at radius 3 is 1.85 bits per heavy atom. The average molecular weight is 708 g/mol. The van der Waals surface area contributed by atoms with Gasteiger partial charge in [-0.05, 0) is 69.6 Å². The number of hydrogen-bond donors (Lipinski definition) is 0. The molecule has 0 spiro atoms. The predicted molar refractivity (Wildman–Crippen MR) is 229 cm³/mol. The lowest BCUT2D eigenvalue weighted by atomic mass is 9.91. The molecule has 0 saturated heterocycles. The third-order valence-corrected chi connectivity index (χ3v) is 10.3. The van der Waals surface area contributed by atoms with Crippen LogP contribution in [0.4, 0.5) is 0 Å². The maximum Gasteiger partial charge on any atom is 0.161 e. The van der Waals surface area contributed by atoms with Gasteiger partial charge in [-0.15, -0.1) is 0 Å². The highest BCUT2D eigenvalue weighted by molar-refractivity contribution is 6.27. The van der Waals surface area contributed by atoms with Crippen LogP contribution in [0.15, 0.2) is 200 Å². The van der Waals surface area contributed by atoms with E-state index in [2.05, 4.69) is 109 Å². The van der Waals surface area contributed by atoms with Crippen LogP contribution in [-0.2, 0) is 6.54 Å². The van der Waals surface area contributed by atoms with Crippen LogP contribution in [0.1, 0.15) is 16.7 Å². The van der Waals surface area contributed by atoms with Gasteiger partial charge in [0.2, 0.25) is 0 Å². The average Bonchev–Trinajstić information content (AvgIpc) is 3.83. The Bertz CT molecular complexity index is 3120. The van der Waals surface area contributed by atoms with Crippen molar-refractivity contribution in [3.8, 4) is 22.3 Å². The second-order valence-corrected chi connectivity index (χ2v) is 13.6. The summed E-state index contributed by atoms with van der Waals surface area (Å²) in [6, 6.07) is 60.1. The summed E-state index contributed by atoms with van der Waals surface area (Å²) < 4.78 is 13.1. The fourth-order valence-corrected chi connectivity index (χ4v) is 7.75. The van der Waals surface area contributed by atoms with Crippen LogP contribution in [0.2, 0.25) is 0 Å². The van der Waals surface area contributed by atoms with E-state index >= 15 is 0 Å². The normalized spacial score (nSPS) is 12.4. The summed E-state index contributed by atoms with van der Waals surface area (Å²) in [5.74, 6) is 1.02. The topological polar surface area (TPSA) is 63.4 Å². The SMILES string of the molecule is C=N/C(=N\C(=N/Cc1ccccc1)c1cccc2oc3cccc(-c4cc5oc6ccccc6c5c5ccccc45)c3c12)c1ccc(-c2ccccc2)cc1. The number of aliphatic imine (C=N–C) groups is 3. The van der Waals surface area contributed by atoms with Crippen molar-refractivity contribution in [2.75, 3.05) is 0 Å². The molecule has 55 heavy (non-hydrogen) atoms. The molecule has 0 saturated carbocycles. The van der Waals surface area contributed by atoms with Gasteiger partial charge in [0, 0.05) is 32.7 Å². The molecule has 0 aliphatic heterocycles. The van der Waals surface area contributed by atoms with Crippen LogP contribution in [0.25, 0.3) is 76.9 Å². The predicted octanol–water partition coefficient (Wildman–Crippen LogP) is 13.1. The quantitative estimate of drug-likeness (QED) is 0.128. The van der Waals surface area contributed by atoms with Gasteiger partial charge >= 0.3 is 0 Å². The summed E-state index contributed by atoms with van der Waals surface area (Å²) >= 11 is 0. The molecule has 0 unspecified atom stereocenters. The molecule has 0 fully saturated rings. The molecular formula is C50H33N3O2. The number of hydrogen-bond acceptors (Lipinski definition) is 3. The van der Waals surface area contributed by atoms with E-state index in [1.165, 1.54) is 0 Å². The Morgan fingerprint density at radius 2 is 1.07 bits per heavy atom. The summed E-state index contributed by atoms with van der Waals surface area (Å²) in [5, 5.41) is 6.41. The van der Waals surface area contributed by atoms with Crippen molar-refractivity contribution in [1.82, 2.24) is 0 Å². The molecule has 2 heterocycles. The minimum absolute atomic E-state index is 0.434. The van der Waals surface area contributed by atoms with Crippen LogP contribution in [-0.4, -0.2) is 18.4 Å². The van der Waals surface area contributed by atoms with Gasteiger partial charge in [0.15, 0.2) is 11.7 Å². The molecule has 10 aromatic rings. The number of rotatable bonds is 6. The lowest BCUT2D eigenvalue weighted by molar-refractivity contribution is 0.668. The lowest BCUT2D eigenvalue weighted by Crippen LogP contribution is -2.06. The van der Waals surface area contributed by atoms with E-state index in [1.54, 1.807) is 0 Å². The third kappa shape index (κ3) is 5.70. The van der Waals surface area contributed by atoms with Crippen molar-refractivity contribution in [2.45, 2.75) is 6.54 Å². The number of amidine groups is 2. The number of fused-ring (bicyclic) bond motifs is 8. The zero-order chi connectivity index (χ0) is 36.7. The highest BCUT2D eigenvalue weighted by atomic mass is 16.3. The smallest absolute Gasteiger partial charge is 0.161 e. The van der Waals surface area contributed by atoms with E-state index in [-0.39, 0.29) is 0 Å². The number of nitrogens with zero attached hydrogens (tertiary/aromatic N) is 3. The number of furan rings is 2. The molecule has 0 aliphatic carbocycles. The molecule has 0 radical (unpaired) electrons.